The Hall–Kier alpha value is -0.0800. The lowest BCUT2D eigenvalue weighted by Crippen LogP contribution is -2.45. The molecule has 1 fully saturated rings. The summed E-state index contributed by atoms with van der Waals surface area (Å²) in [6.45, 7) is 15.4. The molecule has 0 amide bonds. The lowest BCUT2D eigenvalue weighted by Gasteiger charge is -2.38. The summed E-state index contributed by atoms with van der Waals surface area (Å²) in [7, 11) is 0. The van der Waals surface area contributed by atoms with Gasteiger partial charge < -0.3 is 10.2 Å². The third-order valence-electron chi connectivity index (χ3n) is 4.45. The van der Waals surface area contributed by atoms with Crippen molar-refractivity contribution in [2.24, 2.45) is 5.41 Å². The van der Waals surface area contributed by atoms with Gasteiger partial charge >= 0.3 is 0 Å². The summed E-state index contributed by atoms with van der Waals surface area (Å²) >= 11 is 0. The Labute approximate surface area is 115 Å². The van der Waals surface area contributed by atoms with Gasteiger partial charge in [-0.3, -0.25) is 0 Å². The molecule has 1 rings (SSSR count). The molecule has 0 aromatic rings. The maximum atomic E-state index is 3.74. The Kier molecular flexibility index (Phi) is 6.65. The van der Waals surface area contributed by atoms with Crippen molar-refractivity contribution >= 4 is 0 Å². The number of nitrogens with one attached hydrogen (secondary N) is 1. The van der Waals surface area contributed by atoms with E-state index in [1.807, 2.05) is 0 Å². The lowest BCUT2D eigenvalue weighted by atomic mass is 9.84. The first-order valence-corrected chi connectivity index (χ1v) is 8.02. The number of nitrogens with zero attached hydrogens (tertiary/aromatic N) is 1. The van der Waals surface area contributed by atoms with Gasteiger partial charge in [-0.2, -0.15) is 0 Å². The molecular weight excluding hydrogens is 220 g/mol. The quantitative estimate of drug-likeness (QED) is 0.640. The normalized spacial score (nSPS) is 21.0. The van der Waals surface area contributed by atoms with Crippen LogP contribution < -0.4 is 5.32 Å². The molecule has 0 aliphatic heterocycles. The van der Waals surface area contributed by atoms with Crippen molar-refractivity contribution in [1.82, 2.24) is 10.2 Å². The van der Waals surface area contributed by atoms with Crippen LogP contribution in [0.2, 0.25) is 0 Å². The van der Waals surface area contributed by atoms with Crippen molar-refractivity contribution in [3.8, 4) is 0 Å². The Morgan fingerprint density at radius 3 is 2.39 bits per heavy atom. The fourth-order valence-corrected chi connectivity index (χ4v) is 2.83. The van der Waals surface area contributed by atoms with E-state index in [1.165, 1.54) is 51.7 Å². The van der Waals surface area contributed by atoms with E-state index in [9.17, 15) is 0 Å². The molecule has 1 aliphatic rings. The van der Waals surface area contributed by atoms with Crippen LogP contribution in [0.3, 0.4) is 0 Å². The minimum absolute atomic E-state index is 0.441. The molecule has 0 spiro atoms. The number of hydrogen-bond donors (Lipinski definition) is 1. The number of hydrogen-bond acceptors (Lipinski definition) is 2. The first-order chi connectivity index (χ1) is 8.54. The molecule has 0 aromatic carbocycles. The van der Waals surface area contributed by atoms with Gasteiger partial charge in [0.1, 0.15) is 0 Å². The van der Waals surface area contributed by atoms with E-state index in [4.69, 9.17) is 0 Å². The summed E-state index contributed by atoms with van der Waals surface area (Å²) in [6.07, 6.45) is 6.67. The van der Waals surface area contributed by atoms with Crippen LogP contribution in [0.1, 0.15) is 66.7 Å². The zero-order valence-electron chi connectivity index (χ0n) is 13.3. The van der Waals surface area contributed by atoms with Crippen molar-refractivity contribution in [1.29, 1.82) is 0 Å². The van der Waals surface area contributed by atoms with Crippen LogP contribution in [-0.4, -0.2) is 36.6 Å². The van der Waals surface area contributed by atoms with Crippen molar-refractivity contribution in [3.63, 3.8) is 0 Å². The van der Waals surface area contributed by atoms with E-state index in [2.05, 4.69) is 44.8 Å². The molecule has 0 aromatic heterocycles. The fraction of sp³-hybridized carbons (Fsp3) is 1.00. The second-order valence-corrected chi connectivity index (χ2v) is 6.54. The van der Waals surface area contributed by atoms with E-state index in [0.717, 1.165) is 6.04 Å². The van der Waals surface area contributed by atoms with E-state index < -0.39 is 0 Å². The predicted octanol–water partition coefficient (Wildman–Crippen LogP) is 3.67. The van der Waals surface area contributed by atoms with Gasteiger partial charge in [-0.15, -0.1) is 0 Å². The summed E-state index contributed by atoms with van der Waals surface area (Å²) in [4.78, 5) is 2.66. The zero-order chi connectivity index (χ0) is 13.6. The Morgan fingerprint density at radius 2 is 1.94 bits per heavy atom. The number of rotatable bonds is 10. The van der Waals surface area contributed by atoms with E-state index in [0.29, 0.717) is 11.5 Å². The van der Waals surface area contributed by atoms with Crippen LogP contribution in [0.25, 0.3) is 0 Å². The Balaban J connectivity index is 2.51. The van der Waals surface area contributed by atoms with Crippen LogP contribution in [0.15, 0.2) is 0 Å². The SMILES string of the molecule is CCCC(C)(CNC1CC1)CN(CC)C(C)CC. The molecule has 2 nitrogen and oxygen atoms in total. The average Bonchev–Trinajstić information content (AvgIpc) is 3.17. The first kappa shape index (κ1) is 16.0. The van der Waals surface area contributed by atoms with Crippen LogP contribution in [0.5, 0.6) is 0 Å². The van der Waals surface area contributed by atoms with Crippen molar-refractivity contribution < 1.29 is 0 Å². The standard InChI is InChI=1S/C16H34N2/c1-6-11-16(5,12-17-15-9-10-15)13-18(8-3)14(4)7-2/h14-15,17H,6-13H2,1-5H3. The molecule has 108 valence electrons. The molecule has 2 unspecified atom stereocenters. The highest BCUT2D eigenvalue weighted by molar-refractivity contribution is 4.87. The average molecular weight is 254 g/mol. The van der Waals surface area contributed by atoms with Crippen molar-refractivity contribution in [2.75, 3.05) is 19.6 Å². The highest BCUT2D eigenvalue weighted by atomic mass is 15.2. The smallest absolute Gasteiger partial charge is 0.00684 e. The maximum absolute atomic E-state index is 3.74. The zero-order valence-corrected chi connectivity index (χ0v) is 13.3. The maximum Gasteiger partial charge on any atom is 0.00684 e. The molecule has 18 heavy (non-hydrogen) atoms. The van der Waals surface area contributed by atoms with Gasteiger partial charge in [0.25, 0.3) is 0 Å². The Bertz CT molecular complexity index is 225. The molecule has 1 N–H and O–H groups in total. The van der Waals surface area contributed by atoms with Gasteiger partial charge in [0.05, 0.1) is 0 Å². The second kappa shape index (κ2) is 7.49. The third-order valence-corrected chi connectivity index (χ3v) is 4.45. The molecule has 2 heteroatoms. The molecule has 0 bridgehead atoms. The molecule has 1 saturated carbocycles. The molecule has 1 aliphatic carbocycles. The van der Waals surface area contributed by atoms with Gasteiger partial charge in [0.15, 0.2) is 0 Å². The predicted molar refractivity (Wildman–Crippen MR) is 81.0 cm³/mol. The van der Waals surface area contributed by atoms with E-state index >= 15 is 0 Å². The summed E-state index contributed by atoms with van der Waals surface area (Å²) in [6, 6.07) is 1.55. The van der Waals surface area contributed by atoms with Crippen LogP contribution >= 0.6 is 0 Å². The minimum atomic E-state index is 0.441. The van der Waals surface area contributed by atoms with Gasteiger partial charge in [-0.25, -0.2) is 0 Å². The van der Waals surface area contributed by atoms with Crippen molar-refractivity contribution in [3.05, 3.63) is 0 Å². The highest BCUT2D eigenvalue weighted by Crippen LogP contribution is 2.27. The summed E-state index contributed by atoms with van der Waals surface area (Å²) in [5, 5.41) is 3.74. The highest BCUT2D eigenvalue weighted by Gasteiger charge is 2.30. The second-order valence-electron chi connectivity index (χ2n) is 6.54. The van der Waals surface area contributed by atoms with E-state index in [-0.39, 0.29) is 0 Å². The minimum Gasteiger partial charge on any atom is -0.313 e. The first-order valence-electron chi connectivity index (χ1n) is 8.02. The largest absolute Gasteiger partial charge is 0.313 e. The summed E-state index contributed by atoms with van der Waals surface area (Å²) < 4.78 is 0. The van der Waals surface area contributed by atoms with E-state index in [1.54, 1.807) is 0 Å². The molecule has 0 heterocycles. The van der Waals surface area contributed by atoms with Crippen LogP contribution in [0.4, 0.5) is 0 Å². The third kappa shape index (κ3) is 5.27. The van der Waals surface area contributed by atoms with Crippen molar-refractivity contribution in [2.45, 2.75) is 78.8 Å². The van der Waals surface area contributed by atoms with Gasteiger partial charge in [-0.1, -0.05) is 34.1 Å². The summed E-state index contributed by atoms with van der Waals surface area (Å²) in [5.74, 6) is 0. The molecule has 0 radical (unpaired) electrons. The monoisotopic (exact) mass is 254 g/mol. The van der Waals surface area contributed by atoms with Gasteiger partial charge in [0.2, 0.25) is 0 Å². The summed E-state index contributed by atoms with van der Waals surface area (Å²) in [5.41, 5.74) is 0.441. The van der Waals surface area contributed by atoms with Crippen LogP contribution in [-0.2, 0) is 0 Å². The molecule has 0 saturated heterocycles. The Morgan fingerprint density at radius 1 is 1.28 bits per heavy atom. The van der Waals surface area contributed by atoms with Gasteiger partial charge in [-0.05, 0) is 44.6 Å². The molecular formula is C16H34N2. The van der Waals surface area contributed by atoms with Gasteiger partial charge in [0, 0.05) is 25.2 Å². The lowest BCUT2D eigenvalue weighted by molar-refractivity contribution is 0.119. The topological polar surface area (TPSA) is 15.3 Å². The molecule has 2 atom stereocenters. The van der Waals surface area contributed by atoms with Crippen LogP contribution in [0, 0.1) is 5.41 Å². The fourth-order valence-electron chi connectivity index (χ4n) is 2.83.